The monoisotopic (exact) mass is 368 g/mol. The summed E-state index contributed by atoms with van der Waals surface area (Å²) in [5.41, 5.74) is -0.228. The molecule has 0 unspecified atom stereocenters. The predicted molar refractivity (Wildman–Crippen MR) is 88.2 cm³/mol. The van der Waals surface area contributed by atoms with Gasteiger partial charge in [0, 0.05) is 31.2 Å². The van der Waals surface area contributed by atoms with E-state index in [1.165, 1.54) is 11.0 Å². The third-order valence-corrected chi connectivity index (χ3v) is 5.70. The van der Waals surface area contributed by atoms with Crippen LogP contribution >= 0.6 is 0 Å². The quantitative estimate of drug-likeness (QED) is 0.772. The normalized spacial score (nSPS) is 26.3. The molecule has 1 amide bonds. The molecule has 3 N–H and O–H groups in total. The number of ether oxygens (including phenoxy) is 1. The van der Waals surface area contributed by atoms with Gasteiger partial charge in [0.15, 0.2) is 0 Å². The smallest absolute Gasteiger partial charge is 0.311 e. The van der Waals surface area contributed by atoms with Crippen molar-refractivity contribution >= 4 is 21.9 Å². The van der Waals surface area contributed by atoms with Gasteiger partial charge in [-0.25, -0.2) is 13.6 Å². The Kier molecular flexibility index (Phi) is 4.56. The molecule has 0 radical (unpaired) electrons. The Balaban J connectivity index is 1.82. The first-order chi connectivity index (χ1) is 11.7. The van der Waals surface area contributed by atoms with Gasteiger partial charge in [-0.05, 0) is 24.1 Å². The number of benzene rings is 1. The van der Waals surface area contributed by atoms with Crippen LogP contribution in [0, 0.1) is 11.3 Å². The van der Waals surface area contributed by atoms with Crippen LogP contribution in [0.1, 0.15) is 22.3 Å². The lowest BCUT2D eigenvalue weighted by atomic mass is 9.74. The Labute approximate surface area is 145 Å². The Bertz CT molecular complexity index is 809. The van der Waals surface area contributed by atoms with E-state index in [4.69, 9.17) is 9.88 Å². The van der Waals surface area contributed by atoms with Crippen molar-refractivity contribution in [2.24, 2.45) is 16.5 Å². The molecule has 2 aliphatic rings. The summed E-state index contributed by atoms with van der Waals surface area (Å²) in [6.07, 6.45) is 0.377. The summed E-state index contributed by atoms with van der Waals surface area (Å²) < 4.78 is 27.8. The van der Waals surface area contributed by atoms with Gasteiger partial charge in [0.05, 0.1) is 17.8 Å². The summed E-state index contributed by atoms with van der Waals surface area (Å²) in [6.45, 7) is 1.13. The Hall–Kier alpha value is -1.97. The number of fused-ring (bicyclic) bond motifs is 1. The van der Waals surface area contributed by atoms with Crippen molar-refractivity contribution in [2.75, 3.05) is 26.3 Å². The first-order valence-electron chi connectivity index (χ1n) is 7.91. The van der Waals surface area contributed by atoms with Gasteiger partial charge in [-0.2, -0.15) is 0 Å². The molecule has 0 aliphatic carbocycles. The highest BCUT2D eigenvalue weighted by atomic mass is 32.2. The molecule has 2 fully saturated rings. The molecular formula is C16H20N2O6S. The first-order valence-corrected chi connectivity index (χ1v) is 9.63. The number of aliphatic carboxylic acids is 1. The molecular weight excluding hydrogens is 348 g/mol. The van der Waals surface area contributed by atoms with Crippen molar-refractivity contribution in [2.45, 2.75) is 12.2 Å². The number of carbonyl (C=O) groups excluding carboxylic acids is 1. The highest BCUT2D eigenvalue weighted by Crippen LogP contribution is 2.42. The minimum atomic E-state index is -3.70. The van der Waals surface area contributed by atoms with Crippen molar-refractivity contribution < 1.29 is 27.9 Å². The molecule has 3 rings (SSSR count). The van der Waals surface area contributed by atoms with E-state index >= 15 is 0 Å². The number of hydrogen-bond acceptors (Lipinski definition) is 5. The van der Waals surface area contributed by atoms with Crippen molar-refractivity contribution in [3.8, 4) is 0 Å². The molecule has 0 spiro atoms. The van der Waals surface area contributed by atoms with Gasteiger partial charge >= 0.3 is 5.97 Å². The molecule has 2 heterocycles. The van der Waals surface area contributed by atoms with Gasteiger partial charge in [0.1, 0.15) is 0 Å². The number of nitrogens with two attached hydrogens (primary N) is 1. The second kappa shape index (κ2) is 6.40. The van der Waals surface area contributed by atoms with Crippen molar-refractivity contribution in [3.05, 3.63) is 35.4 Å². The summed E-state index contributed by atoms with van der Waals surface area (Å²) >= 11 is 0. The molecule has 2 aliphatic heterocycles. The lowest BCUT2D eigenvalue weighted by molar-refractivity contribution is -0.157. The second-order valence-electron chi connectivity index (χ2n) is 6.68. The van der Waals surface area contributed by atoms with E-state index < -0.39 is 21.4 Å². The zero-order valence-corrected chi connectivity index (χ0v) is 14.4. The summed E-state index contributed by atoms with van der Waals surface area (Å²) in [5.74, 6) is -1.82. The van der Waals surface area contributed by atoms with Crippen LogP contribution in [0.25, 0.3) is 0 Å². The van der Waals surface area contributed by atoms with Crippen molar-refractivity contribution in [1.29, 1.82) is 0 Å². The fourth-order valence-electron chi connectivity index (χ4n) is 3.66. The van der Waals surface area contributed by atoms with E-state index in [1.807, 2.05) is 0 Å². The molecule has 8 nitrogen and oxygen atoms in total. The lowest BCUT2D eigenvalue weighted by Crippen LogP contribution is -2.45. The topological polar surface area (TPSA) is 127 Å². The maximum Gasteiger partial charge on any atom is 0.311 e. The minimum absolute atomic E-state index is 0.134. The molecule has 0 aromatic heterocycles. The fraction of sp³-hybridized carbons (Fsp3) is 0.500. The summed E-state index contributed by atoms with van der Waals surface area (Å²) in [5, 5.41) is 14.7. The van der Waals surface area contributed by atoms with Crippen LogP contribution < -0.4 is 5.14 Å². The highest BCUT2D eigenvalue weighted by molar-refractivity contribution is 7.88. The summed E-state index contributed by atoms with van der Waals surface area (Å²) in [4.78, 5) is 26.1. The van der Waals surface area contributed by atoms with Gasteiger partial charge in [-0.3, -0.25) is 9.59 Å². The van der Waals surface area contributed by atoms with Crippen molar-refractivity contribution in [1.82, 2.24) is 4.90 Å². The molecule has 1 aromatic carbocycles. The van der Waals surface area contributed by atoms with E-state index in [2.05, 4.69) is 0 Å². The SMILES string of the molecule is NS(=O)(=O)Cc1cccc(C(=O)N2C[C@H]3COCC[C@@]3(C(=O)O)C2)c1. The first kappa shape index (κ1) is 17.8. The minimum Gasteiger partial charge on any atom is -0.481 e. The molecule has 25 heavy (non-hydrogen) atoms. The second-order valence-corrected chi connectivity index (χ2v) is 8.29. The largest absolute Gasteiger partial charge is 0.481 e. The predicted octanol–water partition coefficient (Wildman–Crippen LogP) is 0.0384. The number of hydrogen-bond donors (Lipinski definition) is 2. The van der Waals surface area contributed by atoms with E-state index in [-0.39, 0.29) is 24.1 Å². The van der Waals surface area contributed by atoms with E-state index in [0.717, 1.165) is 0 Å². The van der Waals surface area contributed by atoms with Crippen LogP contribution in [0.4, 0.5) is 0 Å². The lowest BCUT2D eigenvalue weighted by Gasteiger charge is -2.33. The van der Waals surface area contributed by atoms with Crippen LogP contribution in [-0.4, -0.2) is 56.6 Å². The maximum absolute atomic E-state index is 12.8. The molecule has 0 bridgehead atoms. The third-order valence-electron chi connectivity index (χ3n) is 4.96. The maximum atomic E-state index is 12.8. The van der Waals surface area contributed by atoms with E-state index in [9.17, 15) is 23.1 Å². The fourth-order valence-corrected chi connectivity index (χ4v) is 4.31. The number of nitrogens with zero attached hydrogens (tertiary/aromatic N) is 1. The zero-order valence-electron chi connectivity index (χ0n) is 13.6. The number of sulfonamides is 1. The van der Waals surface area contributed by atoms with Crippen LogP contribution in [0.15, 0.2) is 24.3 Å². The van der Waals surface area contributed by atoms with Crippen LogP contribution in [0.2, 0.25) is 0 Å². The van der Waals surface area contributed by atoms with E-state index in [0.29, 0.717) is 37.3 Å². The number of carboxylic acid groups (broad SMARTS) is 1. The highest BCUT2D eigenvalue weighted by Gasteiger charge is 2.54. The number of primary sulfonamides is 1. The van der Waals surface area contributed by atoms with Crippen LogP contribution in [0.3, 0.4) is 0 Å². The van der Waals surface area contributed by atoms with Crippen LogP contribution in [0.5, 0.6) is 0 Å². The molecule has 136 valence electrons. The Morgan fingerprint density at radius 2 is 2.16 bits per heavy atom. The third kappa shape index (κ3) is 3.53. The number of carboxylic acids is 1. The number of likely N-dealkylation sites (tertiary alicyclic amines) is 1. The molecule has 9 heteroatoms. The molecule has 2 saturated heterocycles. The van der Waals surface area contributed by atoms with E-state index in [1.54, 1.807) is 18.2 Å². The number of rotatable bonds is 4. The summed E-state index contributed by atoms with van der Waals surface area (Å²) in [6, 6.07) is 6.24. The van der Waals surface area contributed by atoms with Gasteiger partial charge in [-0.15, -0.1) is 0 Å². The van der Waals surface area contributed by atoms with Gasteiger partial charge in [-0.1, -0.05) is 12.1 Å². The van der Waals surface area contributed by atoms with Crippen LogP contribution in [-0.2, 0) is 25.3 Å². The zero-order chi connectivity index (χ0) is 18.2. The van der Waals surface area contributed by atoms with Crippen molar-refractivity contribution in [3.63, 3.8) is 0 Å². The average Bonchev–Trinajstić information content (AvgIpc) is 2.93. The number of amides is 1. The van der Waals surface area contributed by atoms with Gasteiger partial charge in [0.25, 0.3) is 5.91 Å². The molecule has 0 saturated carbocycles. The molecule has 1 aromatic rings. The molecule has 2 atom stereocenters. The standard InChI is InChI=1S/C16H20N2O6S/c17-25(22,23)9-11-2-1-3-12(6-11)14(19)18-7-13-8-24-5-4-16(13,10-18)15(20)21/h1-3,6,13H,4-5,7-10H2,(H,20,21)(H2,17,22,23)/t13-,16+/m0/s1. The number of carbonyl (C=O) groups is 2. The Morgan fingerprint density at radius 1 is 1.40 bits per heavy atom. The van der Waals surface area contributed by atoms with Gasteiger partial charge in [0.2, 0.25) is 10.0 Å². The Morgan fingerprint density at radius 3 is 2.80 bits per heavy atom. The summed E-state index contributed by atoms with van der Waals surface area (Å²) in [7, 11) is -3.70. The van der Waals surface area contributed by atoms with Gasteiger partial charge < -0.3 is 14.7 Å². The average molecular weight is 368 g/mol.